The van der Waals surface area contributed by atoms with E-state index in [4.69, 9.17) is 0 Å². The van der Waals surface area contributed by atoms with Crippen molar-refractivity contribution in [1.29, 1.82) is 0 Å². The normalized spacial score (nSPS) is 9.57. The van der Waals surface area contributed by atoms with E-state index in [1.807, 2.05) is 0 Å². The summed E-state index contributed by atoms with van der Waals surface area (Å²) < 4.78 is 0. The van der Waals surface area contributed by atoms with E-state index in [-0.39, 0.29) is 5.91 Å². The zero-order valence-corrected chi connectivity index (χ0v) is 9.08. The second-order valence-electron chi connectivity index (χ2n) is 3.33. The van der Waals surface area contributed by atoms with Crippen LogP contribution in [0.15, 0.2) is 0 Å². The molecule has 0 rings (SSSR count). The fraction of sp³-hybridized carbons (Fsp3) is 0.800. The van der Waals surface area contributed by atoms with Gasteiger partial charge >= 0.3 is 0 Å². The van der Waals surface area contributed by atoms with Crippen LogP contribution in [0.3, 0.4) is 0 Å². The second kappa shape index (κ2) is 8.53. The molecule has 4 heteroatoms. The Morgan fingerprint density at radius 2 is 2.00 bits per heavy atom. The lowest BCUT2D eigenvalue weighted by Crippen LogP contribution is -2.28. The van der Waals surface area contributed by atoms with Crippen molar-refractivity contribution in [2.45, 2.75) is 33.1 Å². The van der Waals surface area contributed by atoms with Crippen molar-refractivity contribution >= 4 is 12.3 Å². The highest BCUT2D eigenvalue weighted by Gasteiger charge is 1.99. The Morgan fingerprint density at radius 3 is 2.50 bits per heavy atom. The van der Waals surface area contributed by atoms with Crippen LogP contribution in [0.25, 0.3) is 0 Å². The summed E-state index contributed by atoms with van der Waals surface area (Å²) in [6, 6.07) is 0. The molecule has 0 heterocycles. The van der Waals surface area contributed by atoms with Crippen molar-refractivity contribution in [1.82, 2.24) is 10.2 Å². The van der Waals surface area contributed by atoms with Crippen molar-refractivity contribution in [2.75, 3.05) is 19.6 Å². The van der Waals surface area contributed by atoms with E-state index in [2.05, 4.69) is 12.2 Å². The van der Waals surface area contributed by atoms with E-state index >= 15 is 0 Å². The topological polar surface area (TPSA) is 49.4 Å². The summed E-state index contributed by atoms with van der Waals surface area (Å²) in [7, 11) is 0. The lowest BCUT2D eigenvalue weighted by Gasteiger charge is -2.16. The van der Waals surface area contributed by atoms with Gasteiger partial charge in [0.15, 0.2) is 0 Å². The number of hydrogen-bond donors (Lipinski definition) is 1. The number of hydrogen-bond acceptors (Lipinski definition) is 2. The quantitative estimate of drug-likeness (QED) is 0.465. The first-order valence-electron chi connectivity index (χ1n) is 5.14. The van der Waals surface area contributed by atoms with Crippen molar-refractivity contribution in [3.05, 3.63) is 0 Å². The molecular weight excluding hydrogens is 180 g/mol. The molecule has 0 radical (unpaired) electrons. The second-order valence-corrected chi connectivity index (χ2v) is 3.33. The Balaban J connectivity index is 3.42. The summed E-state index contributed by atoms with van der Waals surface area (Å²) in [5, 5.41) is 2.70. The maximum Gasteiger partial charge on any atom is 0.216 e. The minimum atomic E-state index is -0.0174. The molecule has 0 aromatic carbocycles. The monoisotopic (exact) mass is 200 g/mol. The van der Waals surface area contributed by atoms with E-state index in [0.717, 1.165) is 38.8 Å². The number of carbonyl (C=O) groups is 2. The molecule has 82 valence electrons. The van der Waals surface area contributed by atoms with Crippen LogP contribution in [0, 0.1) is 0 Å². The van der Waals surface area contributed by atoms with Crippen molar-refractivity contribution in [3.8, 4) is 0 Å². The number of amides is 2. The third-order valence-corrected chi connectivity index (χ3v) is 1.94. The SMILES string of the molecule is CCCCN(C=O)CCCNC(C)=O. The van der Waals surface area contributed by atoms with Crippen molar-refractivity contribution < 1.29 is 9.59 Å². The first-order valence-corrected chi connectivity index (χ1v) is 5.14. The average molecular weight is 200 g/mol. The molecule has 0 aromatic heterocycles. The number of carbonyl (C=O) groups excluding carboxylic acids is 2. The average Bonchev–Trinajstić information content (AvgIpc) is 2.16. The molecule has 0 fully saturated rings. The molecule has 14 heavy (non-hydrogen) atoms. The van der Waals surface area contributed by atoms with E-state index in [1.54, 1.807) is 4.90 Å². The number of unbranched alkanes of at least 4 members (excludes halogenated alkanes) is 1. The summed E-state index contributed by atoms with van der Waals surface area (Å²) in [6.07, 6.45) is 3.83. The lowest BCUT2D eigenvalue weighted by molar-refractivity contribution is -0.118. The predicted molar refractivity (Wildman–Crippen MR) is 55.8 cm³/mol. The standard InChI is InChI=1S/C10H20N2O2/c1-3-4-7-12(9-13)8-5-6-11-10(2)14/h9H,3-8H2,1-2H3,(H,11,14). The van der Waals surface area contributed by atoms with Crippen LogP contribution in [-0.4, -0.2) is 36.9 Å². The van der Waals surface area contributed by atoms with Gasteiger partial charge in [0, 0.05) is 26.6 Å². The number of nitrogens with one attached hydrogen (secondary N) is 1. The highest BCUT2D eigenvalue weighted by molar-refractivity contribution is 5.72. The molecule has 0 atom stereocenters. The van der Waals surface area contributed by atoms with Crippen LogP contribution in [0.4, 0.5) is 0 Å². The third kappa shape index (κ3) is 7.58. The molecule has 0 spiro atoms. The summed E-state index contributed by atoms with van der Waals surface area (Å²) in [4.78, 5) is 22.9. The molecule has 1 N–H and O–H groups in total. The van der Waals surface area contributed by atoms with Gasteiger partial charge in [-0.05, 0) is 12.8 Å². The van der Waals surface area contributed by atoms with Gasteiger partial charge in [0.2, 0.25) is 12.3 Å². The summed E-state index contributed by atoms with van der Waals surface area (Å²) in [5.41, 5.74) is 0. The van der Waals surface area contributed by atoms with Gasteiger partial charge < -0.3 is 10.2 Å². The molecule has 0 aliphatic heterocycles. The van der Waals surface area contributed by atoms with Crippen molar-refractivity contribution in [2.24, 2.45) is 0 Å². The molecule has 0 bridgehead atoms. The zero-order valence-electron chi connectivity index (χ0n) is 9.08. The molecule has 4 nitrogen and oxygen atoms in total. The highest BCUT2D eigenvalue weighted by Crippen LogP contribution is 1.93. The van der Waals surface area contributed by atoms with E-state index < -0.39 is 0 Å². The minimum absolute atomic E-state index is 0.0174. The first kappa shape index (κ1) is 12.9. The summed E-state index contributed by atoms with van der Waals surface area (Å²) in [5.74, 6) is -0.0174. The maximum atomic E-state index is 10.6. The molecule has 0 aliphatic carbocycles. The molecule has 2 amide bonds. The van der Waals surface area contributed by atoms with Gasteiger partial charge in [-0.1, -0.05) is 13.3 Å². The fourth-order valence-corrected chi connectivity index (χ4v) is 1.12. The smallest absolute Gasteiger partial charge is 0.216 e. The van der Waals surface area contributed by atoms with Gasteiger partial charge in [-0.3, -0.25) is 9.59 Å². The van der Waals surface area contributed by atoms with Crippen LogP contribution >= 0.6 is 0 Å². The maximum absolute atomic E-state index is 10.6. The Hall–Kier alpha value is -1.06. The van der Waals surface area contributed by atoms with Gasteiger partial charge in [-0.25, -0.2) is 0 Å². The van der Waals surface area contributed by atoms with Crippen LogP contribution in [0.2, 0.25) is 0 Å². The number of rotatable bonds is 8. The van der Waals surface area contributed by atoms with Gasteiger partial charge in [0.1, 0.15) is 0 Å². The fourth-order valence-electron chi connectivity index (χ4n) is 1.12. The summed E-state index contributed by atoms with van der Waals surface area (Å²) >= 11 is 0. The Labute approximate surface area is 85.7 Å². The molecule has 0 aliphatic rings. The first-order chi connectivity index (χ1) is 6.70. The molecule has 0 unspecified atom stereocenters. The van der Waals surface area contributed by atoms with Gasteiger partial charge in [0.05, 0.1) is 0 Å². The zero-order chi connectivity index (χ0) is 10.8. The summed E-state index contributed by atoms with van der Waals surface area (Å²) in [6.45, 7) is 5.78. The minimum Gasteiger partial charge on any atom is -0.356 e. The van der Waals surface area contributed by atoms with E-state index in [9.17, 15) is 9.59 Å². The Kier molecular flexibility index (Phi) is 7.89. The van der Waals surface area contributed by atoms with Gasteiger partial charge in [-0.2, -0.15) is 0 Å². The molecule has 0 saturated carbocycles. The Morgan fingerprint density at radius 1 is 1.36 bits per heavy atom. The molecular formula is C10H20N2O2. The third-order valence-electron chi connectivity index (χ3n) is 1.94. The van der Waals surface area contributed by atoms with E-state index in [0.29, 0.717) is 6.54 Å². The van der Waals surface area contributed by atoms with E-state index in [1.165, 1.54) is 6.92 Å². The predicted octanol–water partition coefficient (Wildman–Crippen LogP) is 0.771. The van der Waals surface area contributed by atoms with Crippen LogP contribution in [-0.2, 0) is 9.59 Å². The van der Waals surface area contributed by atoms with Crippen molar-refractivity contribution in [3.63, 3.8) is 0 Å². The van der Waals surface area contributed by atoms with Crippen LogP contribution in [0.1, 0.15) is 33.1 Å². The molecule has 0 saturated heterocycles. The largest absolute Gasteiger partial charge is 0.356 e. The van der Waals surface area contributed by atoms with Crippen LogP contribution < -0.4 is 5.32 Å². The van der Waals surface area contributed by atoms with Gasteiger partial charge in [-0.15, -0.1) is 0 Å². The Bertz CT molecular complexity index is 172. The van der Waals surface area contributed by atoms with Crippen LogP contribution in [0.5, 0.6) is 0 Å². The number of nitrogens with zero attached hydrogens (tertiary/aromatic N) is 1. The lowest BCUT2D eigenvalue weighted by atomic mass is 10.3. The highest BCUT2D eigenvalue weighted by atomic mass is 16.1. The molecule has 0 aromatic rings. The van der Waals surface area contributed by atoms with Gasteiger partial charge in [0.25, 0.3) is 0 Å².